The van der Waals surface area contributed by atoms with Crippen LogP contribution in [0.1, 0.15) is 16.7 Å². The molecule has 94 valence electrons. The lowest BCUT2D eigenvalue weighted by Crippen LogP contribution is -2.12. The summed E-state index contributed by atoms with van der Waals surface area (Å²) in [6, 6.07) is 13.3. The van der Waals surface area contributed by atoms with Crippen LogP contribution in [0.2, 0.25) is 0 Å². The van der Waals surface area contributed by atoms with Crippen molar-refractivity contribution in [2.24, 2.45) is 0 Å². The van der Waals surface area contributed by atoms with E-state index in [1.165, 1.54) is 17.2 Å². The maximum Gasteiger partial charge on any atom is 0.161 e. The molecule has 3 N–H and O–H groups in total. The molecule has 0 radical (unpaired) electrons. The minimum atomic E-state index is -0.0790. The van der Waals surface area contributed by atoms with Gasteiger partial charge in [-0.15, -0.1) is 0 Å². The highest BCUT2D eigenvalue weighted by molar-refractivity contribution is 5.44. The van der Waals surface area contributed by atoms with Gasteiger partial charge in [0.15, 0.2) is 11.5 Å². The molecule has 3 nitrogen and oxygen atoms in total. The molecule has 0 unspecified atom stereocenters. The van der Waals surface area contributed by atoms with Gasteiger partial charge in [0.1, 0.15) is 0 Å². The molecule has 0 spiro atoms. The molecular formula is C15H17NO2. The van der Waals surface area contributed by atoms with Gasteiger partial charge in [-0.1, -0.05) is 42.0 Å². The minimum absolute atomic E-state index is 0.0473. The van der Waals surface area contributed by atoms with Crippen molar-refractivity contribution in [2.75, 3.05) is 0 Å². The summed E-state index contributed by atoms with van der Waals surface area (Å²) >= 11 is 0. The molecular weight excluding hydrogens is 226 g/mol. The summed E-state index contributed by atoms with van der Waals surface area (Å²) in [5.74, 6) is -0.126. The fraction of sp³-hybridized carbons (Fsp3) is 0.200. The Labute approximate surface area is 107 Å². The number of nitrogens with one attached hydrogen (secondary N) is 1. The lowest BCUT2D eigenvalue weighted by Gasteiger charge is -2.08. The molecule has 0 aliphatic rings. The third-order valence-corrected chi connectivity index (χ3v) is 2.86. The van der Waals surface area contributed by atoms with Gasteiger partial charge in [-0.3, -0.25) is 0 Å². The predicted molar refractivity (Wildman–Crippen MR) is 71.5 cm³/mol. The summed E-state index contributed by atoms with van der Waals surface area (Å²) < 4.78 is 0. The number of hydrogen-bond acceptors (Lipinski definition) is 3. The third kappa shape index (κ3) is 3.02. The molecule has 0 bridgehead atoms. The fourth-order valence-corrected chi connectivity index (χ4v) is 1.77. The van der Waals surface area contributed by atoms with Crippen molar-refractivity contribution in [3.8, 4) is 11.5 Å². The summed E-state index contributed by atoms with van der Waals surface area (Å²) in [6.07, 6.45) is 0. The Morgan fingerprint density at radius 3 is 2.39 bits per heavy atom. The molecule has 0 atom stereocenters. The Hall–Kier alpha value is -2.00. The number of phenols is 2. The quantitative estimate of drug-likeness (QED) is 0.724. The Balaban J connectivity index is 1.92. The average Bonchev–Trinajstić information content (AvgIpc) is 2.37. The molecule has 0 saturated carbocycles. The molecule has 2 aromatic carbocycles. The molecule has 3 heteroatoms. The van der Waals surface area contributed by atoms with Gasteiger partial charge in [-0.2, -0.15) is 0 Å². The number of rotatable bonds is 4. The molecule has 0 amide bonds. The predicted octanol–water partition coefficient (Wildman–Crippen LogP) is 2.70. The minimum Gasteiger partial charge on any atom is -0.504 e. The van der Waals surface area contributed by atoms with Crippen LogP contribution >= 0.6 is 0 Å². The summed E-state index contributed by atoms with van der Waals surface area (Å²) in [5.41, 5.74) is 3.13. The van der Waals surface area contributed by atoms with Gasteiger partial charge >= 0.3 is 0 Å². The van der Waals surface area contributed by atoms with E-state index in [1.54, 1.807) is 12.1 Å². The van der Waals surface area contributed by atoms with E-state index in [9.17, 15) is 10.2 Å². The zero-order valence-electron chi connectivity index (χ0n) is 10.4. The second-order valence-electron chi connectivity index (χ2n) is 4.37. The normalized spacial score (nSPS) is 10.5. The number of phenolic OH excluding ortho intramolecular Hbond substituents is 2. The van der Waals surface area contributed by atoms with Gasteiger partial charge in [0, 0.05) is 18.7 Å². The largest absolute Gasteiger partial charge is 0.504 e. The van der Waals surface area contributed by atoms with E-state index >= 15 is 0 Å². The van der Waals surface area contributed by atoms with Crippen molar-refractivity contribution in [3.63, 3.8) is 0 Å². The molecule has 0 aliphatic carbocycles. The smallest absolute Gasteiger partial charge is 0.161 e. The molecule has 18 heavy (non-hydrogen) atoms. The summed E-state index contributed by atoms with van der Waals surface area (Å²) in [6.45, 7) is 3.31. The summed E-state index contributed by atoms with van der Waals surface area (Å²) in [4.78, 5) is 0. The van der Waals surface area contributed by atoms with Crippen LogP contribution in [0.25, 0.3) is 0 Å². The Kier molecular flexibility index (Phi) is 3.85. The first-order valence-electron chi connectivity index (χ1n) is 5.93. The lowest BCUT2D eigenvalue weighted by molar-refractivity contribution is 0.397. The highest BCUT2D eigenvalue weighted by Gasteiger charge is 2.04. The van der Waals surface area contributed by atoms with Gasteiger partial charge in [-0.25, -0.2) is 0 Å². The zero-order chi connectivity index (χ0) is 13.0. The van der Waals surface area contributed by atoms with E-state index in [4.69, 9.17) is 0 Å². The van der Waals surface area contributed by atoms with E-state index in [0.717, 1.165) is 6.54 Å². The second kappa shape index (κ2) is 5.56. The van der Waals surface area contributed by atoms with E-state index in [0.29, 0.717) is 12.1 Å². The first kappa shape index (κ1) is 12.5. The van der Waals surface area contributed by atoms with E-state index in [2.05, 4.69) is 36.5 Å². The SMILES string of the molecule is Cc1ccc(CNCc2cccc(O)c2O)cc1. The second-order valence-corrected chi connectivity index (χ2v) is 4.37. The summed E-state index contributed by atoms with van der Waals surface area (Å²) in [7, 11) is 0. The number of aryl methyl sites for hydroxylation is 1. The fourth-order valence-electron chi connectivity index (χ4n) is 1.77. The highest BCUT2D eigenvalue weighted by Crippen LogP contribution is 2.27. The van der Waals surface area contributed by atoms with Crippen LogP contribution in [0.4, 0.5) is 0 Å². The van der Waals surface area contributed by atoms with E-state index in [-0.39, 0.29) is 11.5 Å². The van der Waals surface area contributed by atoms with Crippen LogP contribution in [0.15, 0.2) is 42.5 Å². The monoisotopic (exact) mass is 243 g/mol. The van der Waals surface area contributed by atoms with Crippen molar-refractivity contribution >= 4 is 0 Å². The summed E-state index contributed by atoms with van der Waals surface area (Å²) in [5, 5.41) is 22.2. The van der Waals surface area contributed by atoms with Gasteiger partial charge in [0.25, 0.3) is 0 Å². The van der Waals surface area contributed by atoms with Gasteiger partial charge in [-0.05, 0) is 18.6 Å². The Morgan fingerprint density at radius 2 is 1.67 bits per heavy atom. The van der Waals surface area contributed by atoms with Crippen molar-refractivity contribution in [3.05, 3.63) is 59.2 Å². The van der Waals surface area contributed by atoms with Crippen molar-refractivity contribution in [1.82, 2.24) is 5.32 Å². The van der Waals surface area contributed by atoms with Crippen LogP contribution in [-0.4, -0.2) is 10.2 Å². The molecule has 0 heterocycles. The van der Waals surface area contributed by atoms with E-state index in [1.807, 2.05) is 0 Å². The highest BCUT2D eigenvalue weighted by atomic mass is 16.3. The first-order valence-corrected chi connectivity index (χ1v) is 5.93. The topological polar surface area (TPSA) is 52.5 Å². The van der Waals surface area contributed by atoms with Crippen molar-refractivity contribution in [2.45, 2.75) is 20.0 Å². The van der Waals surface area contributed by atoms with E-state index < -0.39 is 0 Å². The Bertz CT molecular complexity index is 521. The van der Waals surface area contributed by atoms with Crippen LogP contribution in [0.3, 0.4) is 0 Å². The molecule has 2 aromatic rings. The maximum atomic E-state index is 9.64. The van der Waals surface area contributed by atoms with Gasteiger partial charge < -0.3 is 15.5 Å². The zero-order valence-corrected chi connectivity index (χ0v) is 10.4. The molecule has 0 aliphatic heterocycles. The number of benzene rings is 2. The molecule has 0 aromatic heterocycles. The van der Waals surface area contributed by atoms with Gasteiger partial charge in [0.05, 0.1) is 0 Å². The van der Waals surface area contributed by atoms with Crippen molar-refractivity contribution in [1.29, 1.82) is 0 Å². The van der Waals surface area contributed by atoms with Crippen LogP contribution in [0, 0.1) is 6.92 Å². The molecule has 0 saturated heterocycles. The van der Waals surface area contributed by atoms with Crippen LogP contribution < -0.4 is 5.32 Å². The van der Waals surface area contributed by atoms with Crippen molar-refractivity contribution < 1.29 is 10.2 Å². The number of aromatic hydroxyl groups is 2. The standard InChI is InChI=1S/C15H17NO2/c1-11-5-7-12(8-6-11)9-16-10-13-3-2-4-14(17)15(13)18/h2-8,16-18H,9-10H2,1H3. The maximum absolute atomic E-state index is 9.64. The molecule has 2 rings (SSSR count). The number of hydrogen-bond donors (Lipinski definition) is 3. The third-order valence-electron chi connectivity index (χ3n) is 2.86. The van der Waals surface area contributed by atoms with Crippen LogP contribution in [0.5, 0.6) is 11.5 Å². The van der Waals surface area contributed by atoms with Gasteiger partial charge in [0.2, 0.25) is 0 Å². The average molecular weight is 243 g/mol. The first-order chi connectivity index (χ1) is 8.66. The molecule has 0 fully saturated rings. The number of para-hydroxylation sites is 1. The van der Waals surface area contributed by atoms with Crippen LogP contribution in [-0.2, 0) is 13.1 Å². The lowest BCUT2D eigenvalue weighted by atomic mass is 10.1. The Morgan fingerprint density at radius 1 is 0.944 bits per heavy atom.